The first-order valence-electron chi connectivity index (χ1n) is 6.15. The molecular weight excluding hydrogens is 218 g/mol. The zero-order valence-electron chi connectivity index (χ0n) is 10.2. The van der Waals surface area contributed by atoms with Crippen LogP contribution in [0.1, 0.15) is 29.7 Å². The van der Waals surface area contributed by atoms with Crippen LogP contribution in [0, 0.1) is 6.92 Å². The Hall–Kier alpha value is -0.450. The van der Waals surface area contributed by atoms with Crippen LogP contribution in [0.15, 0.2) is 6.20 Å². The van der Waals surface area contributed by atoms with Crippen LogP contribution in [-0.2, 0) is 6.54 Å². The lowest BCUT2D eigenvalue weighted by molar-refractivity contribution is 0.188. The Labute approximate surface area is 102 Å². The molecule has 0 bridgehead atoms. The highest BCUT2D eigenvalue weighted by molar-refractivity contribution is 7.11. The molecule has 1 aromatic rings. The van der Waals surface area contributed by atoms with Crippen LogP contribution < -0.4 is 5.32 Å². The highest BCUT2D eigenvalue weighted by atomic mass is 32.1. The number of piperazine rings is 1. The topological polar surface area (TPSA) is 28.2 Å². The number of aryl methyl sites for hydroxylation is 1. The predicted octanol–water partition coefficient (Wildman–Crippen LogP) is 2.03. The molecule has 0 spiro atoms. The molecule has 1 saturated heterocycles. The maximum Gasteiger partial charge on any atom is 0.0897 e. The summed E-state index contributed by atoms with van der Waals surface area (Å²) in [5, 5.41) is 4.76. The molecule has 4 heteroatoms. The largest absolute Gasteiger partial charge is 0.311 e. The van der Waals surface area contributed by atoms with Crippen molar-refractivity contribution < 1.29 is 0 Å². The maximum atomic E-state index is 4.31. The Morgan fingerprint density at radius 2 is 2.50 bits per heavy atom. The van der Waals surface area contributed by atoms with Gasteiger partial charge in [-0.25, -0.2) is 4.98 Å². The Balaban J connectivity index is 1.85. The van der Waals surface area contributed by atoms with E-state index in [0.717, 1.165) is 19.6 Å². The van der Waals surface area contributed by atoms with Gasteiger partial charge in [-0.15, -0.1) is 11.3 Å². The highest BCUT2D eigenvalue weighted by Gasteiger charge is 2.18. The van der Waals surface area contributed by atoms with E-state index in [1.807, 2.05) is 17.5 Å². The van der Waals surface area contributed by atoms with Crippen LogP contribution in [-0.4, -0.2) is 35.6 Å². The molecule has 90 valence electrons. The van der Waals surface area contributed by atoms with Crippen molar-refractivity contribution in [1.82, 2.24) is 15.2 Å². The fourth-order valence-corrected chi connectivity index (χ4v) is 3.12. The van der Waals surface area contributed by atoms with Gasteiger partial charge < -0.3 is 5.32 Å². The molecule has 1 aliphatic heterocycles. The molecule has 1 atom stereocenters. The van der Waals surface area contributed by atoms with Crippen molar-refractivity contribution in [1.29, 1.82) is 0 Å². The molecule has 0 amide bonds. The second-order valence-corrected chi connectivity index (χ2v) is 5.84. The van der Waals surface area contributed by atoms with E-state index in [-0.39, 0.29) is 0 Å². The lowest BCUT2D eigenvalue weighted by Crippen LogP contribution is -2.49. The normalized spacial score (nSPS) is 22.5. The van der Waals surface area contributed by atoms with Gasteiger partial charge in [0.05, 0.1) is 5.01 Å². The van der Waals surface area contributed by atoms with Gasteiger partial charge in [0.15, 0.2) is 0 Å². The maximum absolute atomic E-state index is 4.31. The summed E-state index contributed by atoms with van der Waals surface area (Å²) in [6.07, 6.45) is 4.58. The van der Waals surface area contributed by atoms with Gasteiger partial charge in [0.1, 0.15) is 0 Å². The summed E-state index contributed by atoms with van der Waals surface area (Å²) in [5.74, 6) is 0. The first kappa shape index (κ1) is 12.0. The zero-order chi connectivity index (χ0) is 11.4. The van der Waals surface area contributed by atoms with Crippen LogP contribution in [0.25, 0.3) is 0 Å². The number of nitrogens with one attached hydrogen (secondary N) is 1. The van der Waals surface area contributed by atoms with Crippen LogP contribution in [0.3, 0.4) is 0 Å². The second-order valence-electron chi connectivity index (χ2n) is 4.52. The van der Waals surface area contributed by atoms with E-state index in [2.05, 4.69) is 29.0 Å². The summed E-state index contributed by atoms with van der Waals surface area (Å²) in [6.45, 7) is 8.89. The van der Waals surface area contributed by atoms with E-state index in [9.17, 15) is 0 Å². The predicted molar refractivity (Wildman–Crippen MR) is 68.8 cm³/mol. The third-order valence-corrected chi connectivity index (χ3v) is 3.92. The fourth-order valence-electron chi connectivity index (χ4n) is 2.28. The van der Waals surface area contributed by atoms with Crippen molar-refractivity contribution in [2.75, 3.05) is 19.6 Å². The number of rotatable bonds is 4. The molecule has 0 aliphatic carbocycles. The summed E-state index contributed by atoms with van der Waals surface area (Å²) in [5.41, 5.74) is 0. The molecule has 2 rings (SSSR count). The van der Waals surface area contributed by atoms with Crippen molar-refractivity contribution in [2.45, 2.75) is 39.3 Å². The Bertz CT molecular complexity index is 322. The Morgan fingerprint density at radius 3 is 3.19 bits per heavy atom. The van der Waals surface area contributed by atoms with Gasteiger partial charge in [0.2, 0.25) is 0 Å². The van der Waals surface area contributed by atoms with Crippen molar-refractivity contribution in [3.05, 3.63) is 16.1 Å². The van der Waals surface area contributed by atoms with Crippen LogP contribution in [0.4, 0.5) is 0 Å². The number of nitrogens with zero attached hydrogens (tertiary/aromatic N) is 2. The van der Waals surface area contributed by atoms with Crippen LogP contribution >= 0.6 is 11.3 Å². The van der Waals surface area contributed by atoms with Crippen LogP contribution in [0.5, 0.6) is 0 Å². The highest BCUT2D eigenvalue weighted by Crippen LogP contribution is 2.15. The standard InChI is InChI=1S/C12H21N3S/c1-3-4-11-8-15(6-5-13-11)9-12-7-14-10(2)16-12/h7,11,13H,3-6,8-9H2,1-2H3. The van der Waals surface area contributed by atoms with E-state index in [4.69, 9.17) is 0 Å². The molecular formula is C12H21N3S. The van der Waals surface area contributed by atoms with Crippen molar-refractivity contribution >= 4 is 11.3 Å². The van der Waals surface area contributed by atoms with E-state index in [1.54, 1.807) is 0 Å². The van der Waals surface area contributed by atoms with Gasteiger partial charge in [-0.05, 0) is 13.3 Å². The average Bonchev–Trinajstić information content (AvgIpc) is 2.65. The average molecular weight is 239 g/mol. The summed E-state index contributed by atoms with van der Waals surface area (Å²) < 4.78 is 0. The minimum Gasteiger partial charge on any atom is -0.311 e. The molecule has 1 unspecified atom stereocenters. The zero-order valence-corrected chi connectivity index (χ0v) is 11.0. The molecule has 16 heavy (non-hydrogen) atoms. The minimum absolute atomic E-state index is 0.688. The van der Waals surface area contributed by atoms with Gasteiger partial charge in [-0.1, -0.05) is 13.3 Å². The van der Waals surface area contributed by atoms with Gasteiger partial charge in [-0.3, -0.25) is 4.90 Å². The number of aromatic nitrogens is 1. The molecule has 1 aromatic heterocycles. The molecule has 0 radical (unpaired) electrons. The van der Waals surface area contributed by atoms with E-state index in [0.29, 0.717) is 6.04 Å². The lowest BCUT2D eigenvalue weighted by Gasteiger charge is -2.33. The van der Waals surface area contributed by atoms with Gasteiger partial charge in [-0.2, -0.15) is 0 Å². The molecule has 3 nitrogen and oxygen atoms in total. The second kappa shape index (κ2) is 5.75. The smallest absolute Gasteiger partial charge is 0.0897 e. The molecule has 1 fully saturated rings. The van der Waals surface area contributed by atoms with Crippen molar-refractivity contribution in [3.8, 4) is 0 Å². The summed E-state index contributed by atoms with van der Waals surface area (Å²) in [4.78, 5) is 8.26. The number of thiazole rings is 1. The molecule has 1 N–H and O–H groups in total. The number of hydrogen-bond acceptors (Lipinski definition) is 4. The van der Waals surface area contributed by atoms with Crippen LogP contribution in [0.2, 0.25) is 0 Å². The minimum atomic E-state index is 0.688. The van der Waals surface area contributed by atoms with Crippen molar-refractivity contribution in [3.63, 3.8) is 0 Å². The molecule has 1 aliphatic rings. The lowest BCUT2D eigenvalue weighted by atomic mass is 10.1. The first-order valence-corrected chi connectivity index (χ1v) is 6.96. The Morgan fingerprint density at radius 1 is 1.62 bits per heavy atom. The van der Waals surface area contributed by atoms with Gasteiger partial charge in [0.25, 0.3) is 0 Å². The quantitative estimate of drug-likeness (QED) is 0.871. The van der Waals surface area contributed by atoms with E-state index in [1.165, 1.54) is 29.3 Å². The monoisotopic (exact) mass is 239 g/mol. The van der Waals surface area contributed by atoms with Gasteiger partial charge >= 0.3 is 0 Å². The fraction of sp³-hybridized carbons (Fsp3) is 0.750. The van der Waals surface area contributed by atoms with E-state index < -0.39 is 0 Å². The molecule has 0 saturated carbocycles. The SMILES string of the molecule is CCCC1CN(Cc2cnc(C)s2)CCN1. The van der Waals surface area contributed by atoms with Gasteiger partial charge in [0, 0.05) is 43.3 Å². The third-order valence-electron chi connectivity index (χ3n) is 3.03. The number of hydrogen-bond donors (Lipinski definition) is 1. The Kier molecular flexibility index (Phi) is 4.32. The summed E-state index contributed by atoms with van der Waals surface area (Å²) >= 11 is 1.82. The summed E-state index contributed by atoms with van der Waals surface area (Å²) in [7, 11) is 0. The first-order chi connectivity index (χ1) is 7.78. The van der Waals surface area contributed by atoms with E-state index >= 15 is 0 Å². The molecule has 0 aromatic carbocycles. The third kappa shape index (κ3) is 3.27. The van der Waals surface area contributed by atoms with Crippen molar-refractivity contribution in [2.24, 2.45) is 0 Å². The molecule has 2 heterocycles. The summed E-state index contributed by atoms with van der Waals surface area (Å²) in [6, 6.07) is 0.688.